The summed E-state index contributed by atoms with van der Waals surface area (Å²) in [6.45, 7) is 2.65. The molecule has 0 atom stereocenters. The first kappa shape index (κ1) is 19.0. The third-order valence-corrected chi connectivity index (χ3v) is 4.85. The summed E-state index contributed by atoms with van der Waals surface area (Å²) in [6.07, 6.45) is 0. The van der Waals surface area contributed by atoms with Crippen LogP contribution in [0.4, 0.5) is 5.69 Å². The molecule has 1 amide bonds. The van der Waals surface area contributed by atoms with E-state index in [1.807, 2.05) is 84.3 Å². The van der Waals surface area contributed by atoms with Crippen molar-refractivity contribution in [3.05, 3.63) is 77.8 Å². The molecule has 0 aliphatic carbocycles. The number of rotatable bonds is 6. The van der Waals surface area contributed by atoms with E-state index in [4.69, 9.17) is 21.3 Å². The number of aromatic nitrogens is 2. The molecule has 5 nitrogen and oxygen atoms in total. The first-order valence-corrected chi connectivity index (χ1v) is 9.76. The van der Waals surface area contributed by atoms with E-state index in [1.54, 1.807) is 0 Å². The predicted octanol–water partition coefficient (Wildman–Crippen LogP) is 5.39. The van der Waals surface area contributed by atoms with Crippen molar-refractivity contribution in [2.24, 2.45) is 0 Å². The van der Waals surface area contributed by atoms with Crippen LogP contribution in [0.5, 0.6) is 5.75 Å². The molecule has 0 radical (unpaired) electrons. The minimum atomic E-state index is -0.148. The van der Waals surface area contributed by atoms with Crippen molar-refractivity contribution in [2.75, 3.05) is 11.9 Å². The zero-order valence-corrected chi connectivity index (χ0v) is 16.7. The van der Waals surface area contributed by atoms with Gasteiger partial charge >= 0.3 is 0 Å². The second-order valence-electron chi connectivity index (χ2n) is 6.50. The topological polar surface area (TPSA) is 56.1 Å². The van der Waals surface area contributed by atoms with E-state index in [9.17, 15) is 4.79 Å². The lowest BCUT2D eigenvalue weighted by molar-refractivity contribution is -0.116. The van der Waals surface area contributed by atoms with E-state index in [1.165, 1.54) is 0 Å². The summed E-state index contributed by atoms with van der Waals surface area (Å²) in [4.78, 5) is 17.5. The SMILES string of the molecule is CCOc1ccc(NC(=O)Cn2c(-c3ccccc3Cl)nc3ccccc32)cc1. The van der Waals surface area contributed by atoms with Gasteiger partial charge in [0.1, 0.15) is 18.1 Å². The molecule has 0 aliphatic rings. The number of ether oxygens (including phenoxy) is 1. The number of nitrogens with zero attached hydrogens (tertiary/aromatic N) is 2. The number of nitrogens with one attached hydrogen (secondary N) is 1. The van der Waals surface area contributed by atoms with Crippen LogP contribution in [0.2, 0.25) is 5.02 Å². The average molecular weight is 406 g/mol. The van der Waals surface area contributed by atoms with Gasteiger partial charge in [0, 0.05) is 11.3 Å². The van der Waals surface area contributed by atoms with Gasteiger partial charge in [-0.3, -0.25) is 4.79 Å². The van der Waals surface area contributed by atoms with Gasteiger partial charge in [-0.1, -0.05) is 35.9 Å². The number of halogens is 1. The van der Waals surface area contributed by atoms with Crippen molar-refractivity contribution in [3.8, 4) is 17.1 Å². The Kier molecular flexibility index (Phi) is 5.49. The maximum Gasteiger partial charge on any atom is 0.244 e. The van der Waals surface area contributed by atoms with Crippen molar-refractivity contribution in [1.82, 2.24) is 9.55 Å². The normalized spacial score (nSPS) is 10.8. The molecule has 29 heavy (non-hydrogen) atoms. The monoisotopic (exact) mass is 405 g/mol. The number of benzene rings is 3. The second-order valence-corrected chi connectivity index (χ2v) is 6.90. The number of anilines is 1. The van der Waals surface area contributed by atoms with Crippen molar-refractivity contribution < 1.29 is 9.53 Å². The van der Waals surface area contributed by atoms with Gasteiger partial charge < -0.3 is 14.6 Å². The molecule has 4 rings (SSSR count). The first-order valence-electron chi connectivity index (χ1n) is 9.38. The lowest BCUT2D eigenvalue weighted by Crippen LogP contribution is -2.19. The molecule has 146 valence electrons. The van der Waals surface area contributed by atoms with E-state index in [2.05, 4.69) is 5.32 Å². The number of carbonyl (C=O) groups is 1. The minimum Gasteiger partial charge on any atom is -0.494 e. The van der Waals surface area contributed by atoms with Crippen LogP contribution < -0.4 is 10.1 Å². The van der Waals surface area contributed by atoms with Gasteiger partial charge in [-0.25, -0.2) is 4.98 Å². The van der Waals surface area contributed by atoms with Gasteiger partial charge in [0.2, 0.25) is 5.91 Å². The van der Waals surface area contributed by atoms with Gasteiger partial charge in [-0.2, -0.15) is 0 Å². The summed E-state index contributed by atoms with van der Waals surface area (Å²) in [5.74, 6) is 1.29. The Morgan fingerprint density at radius 3 is 2.52 bits per heavy atom. The van der Waals surface area contributed by atoms with Gasteiger partial charge in [0.15, 0.2) is 0 Å². The van der Waals surface area contributed by atoms with Crippen molar-refractivity contribution in [1.29, 1.82) is 0 Å². The second kappa shape index (κ2) is 8.37. The lowest BCUT2D eigenvalue weighted by Gasteiger charge is -2.11. The molecule has 1 heterocycles. The van der Waals surface area contributed by atoms with E-state index < -0.39 is 0 Å². The number of para-hydroxylation sites is 2. The highest BCUT2D eigenvalue weighted by Crippen LogP contribution is 2.30. The van der Waals surface area contributed by atoms with Crippen molar-refractivity contribution in [2.45, 2.75) is 13.5 Å². The molecular formula is C23H20ClN3O2. The zero-order chi connectivity index (χ0) is 20.2. The summed E-state index contributed by atoms with van der Waals surface area (Å²) < 4.78 is 7.33. The number of imidazole rings is 1. The highest BCUT2D eigenvalue weighted by molar-refractivity contribution is 6.33. The molecule has 0 saturated carbocycles. The van der Waals surface area contributed by atoms with E-state index in [-0.39, 0.29) is 12.5 Å². The van der Waals surface area contributed by atoms with Crippen LogP contribution in [0.1, 0.15) is 6.92 Å². The van der Waals surface area contributed by atoms with E-state index >= 15 is 0 Å². The van der Waals surface area contributed by atoms with Gasteiger partial charge in [0.05, 0.1) is 22.7 Å². The first-order chi connectivity index (χ1) is 14.2. The van der Waals surface area contributed by atoms with Gasteiger partial charge in [-0.15, -0.1) is 0 Å². The molecule has 0 saturated heterocycles. The molecule has 0 aliphatic heterocycles. The van der Waals surface area contributed by atoms with Gasteiger partial charge in [-0.05, 0) is 55.5 Å². The Bertz CT molecular complexity index is 1150. The van der Waals surface area contributed by atoms with Crippen LogP contribution in [-0.2, 0) is 11.3 Å². The Hall–Kier alpha value is -3.31. The fraction of sp³-hybridized carbons (Fsp3) is 0.130. The summed E-state index contributed by atoms with van der Waals surface area (Å²) in [5.41, 5.74) is 3.20. The zero-order valence-electron chi connectivity index (χ0n) is 15.9. The fourth-order valence-corrected chi connectivity index (χ4v) is 3.45. The molecule has 0 bridgehead atoms. The quantitative estimate of drug-likeness (QED) is 0.467. The number of hydrogen-bond donors (Lipinski definition) is 1. The standard InChI is InChI=1S/C23H20ClN3O2/c1-2-29-17-13-11-16(12-14-17)25-22(28)15-27-21-10-6-5-9-20(21)26-23(27)18-7-3-4-8-19(18)24/h3-14H,2,15H2,1H3,(H,25,28). The maximum atomic E-state index is 12.8. The lowest BCUT2D eigenvalue weighted by atomic mass is 10.2. The molecule has 0 fully saturated rings. The van der Waals surface area contributed by atoms with Crippen LogP contribution in [0.3, 0.4) is 0 Å². The molecular weight excluding hydrogens is 386 g/mol. The van der Waals surface area contributed by atoms with E-state index in [0.717, 1.165) is 22.3 Å². The third-order valence-electron chi connectivity index (χ3n) is 4.52. The molecule has 0 spiro atoms. The van der Waals surface area contributed by atoms with Crippen LogP contribution >= 0.6 is 11.6 Å². The molecule has 4 aromatic rings. The molecule has 1 N–H and O–H groups in total. The van der Waals surface area contributed by atoms with Crippen molar-refractivity contribution >= 4 is 34.2 Å². The Morgan fingerprint density at radius 1 is 1.03 bits per heavy atom. The summed E-state index contributed by atoms with van der Waals surface area (Å²) in [5, 5.41) is 3.52. The average Bonchev–Trinajstić information content (AvgIpc) is 3.08. The summed E-state index contributed by atoms with van der Waals surface area (Å²) in [6, 6.07) is 22.6. The number of carbonyl (C=O) groups excluding carboxylic acids is 1. The van der Waals surface area contributed by atoms with E-state index in [0.29, 0.717) is 23.1 Å². The molecule has 3 aromatic carbocycles. The smallest absolute Gasteiger partial charge is 0.244 e. The highest BCUT2D eigenvalue weighted by Gasteiger charge is 2.17. The minimum absolute atomic E-state index is 0.119. The molecule has 0 unspecified atom stereocenters. The maximum absolute atomic E-state index is 12.8. The van der Waals surface area contributed by atoms with Crippen LogP contribution in [0, 0.1) is 0 Å². The Labute approximate surface area is 173 Å². The molecule has 6 heteroatoms. The summed E-state index contributed by atoms with van der Waals surface area (Å²) >= 11 is 6.40. The number of hydrogen-bond acceptors (Lipinski definition) is 3. The predicted molar refractivity (Wildman–Crippen MR) is 116 cm³/mol. The third kappa shape index (κ3) is 4.10. The number of amides is 1. The van der Waals surface area contributed by atoms with Crippen LogP contribution in [0.15, 0.2) is 72.8 Å². The van der Waals surface area contributed by atoms with Crippen molar-refractivity contribution in [3.63, 3.8) is 0 Å². The van der Waals surface area contributed by atoms with Crippen LogP contribution in [0.25, 0.3) is 22.4 Å². The molecule has 1 aromatic heterocycles. The largest absolute Gasteiger partial charge is 0.494 e. The highest BCUT2D eigenvalue weighted by atomic mass is 35.5. The number of fused-ring (bicyclic) bond motifs is 1. The van der Waals surface area contributed by atoms with Gasteiger partial charge in [0.25, 0.3) is 0 Å². The Morgan fingerprint density at radius 2 is 1.76 bits per heavy atom. The van der Waals surface area contributed by atoms with Crippen LogP contribution in [-0.4, -0.2) is 22.1 Å². The Balaban J connectivity index is 1.64. The summed E-state index contributed by atoms with van der Waals surface area (Å²) in [7, 11) is 0. The fourth-order valence-electron chi connectivity index (χ4n) is 3.23.